The molecule has 150 valence electrons. The zero-order valence-corrected chi connectivity index (χ0v) is 15.9. The molecule has 0 spiro atoms. The van der Waals surface area contributed by atoms with Crippen LogP contribution in [0, 0.1) is 11.8 Å². The van der Waals surface area contributed by atoms with Crippen molar-refractivity contribution in [3.8, 4) is 5.75 Å². The predicted molar refractivity (Wildman–Crippen MR) is 104 cm³/mol. The maximum absolute atomic E-state index is 13.3. The molecule has 2 amide bonds. The maximum Gasteiger partial charge on any atom is 0.324 e. The van der Waals surface area contributed by atoms with Crippen molar-refractivity contribution in [3.05, 3.63) is 65.7 Å². The SMILES string of the molecule is CC[C@]1(C(=O)O)N[C@H](c2ccccc2O)[C@H]2C(=O)N(Cc3ccccc3)C(=O)[C@@H]21. The van der Waals surface area contributed by atoms with Crippen LogP contribution in [0.2, 0.25) is 0 Å². The van der Waals surface area contributed by atoms with Gasteiger partial charge < -0.3 is 10.2 Å². The zero-order chi connectivity index (χ0) is 20.8. The Morgan fingerprint density at radius 2 is 1.72 bits per heavy atom. The highest BCUT2D eigenvalue weighted by molar-refractivity contribution is 6.09. The van der Waals surface area contributed by atoms with Gasteiger partial charge in [-0.2, -0.15) is 0 Å². The number of hydrogen-bond acceptors (Lipinski definition) is 5. The predicted octanol–water partition coefficient (Wildman–Crippen LogP) is 2.07. The standard InChI is InChI=1S/C22H22N2O5/c1-2-22(21(28)29)17-16(18(23-22)14-10-6-7-11-15(14)25)19(26)24(20(17)27)12-13-8-4-3-5-9-13/h3-11,16-18,23,25H,2,12H2,1H3,(H,28,29)/t16-,17+,18+,22-/m0/s1. The number of amides is 2. The molecule has 3 N–H and O–H groups in total. The Bertz CT molecular complexity index is 976. The number of likely N-dealkylation sites (tertiary alicyclic amines) is 1. The number of carbonyl (C=O) groups excluding carboxylic acids is 2. The summed E-state index contributed by atoms with van der Waals surface area (Å²) in [7, 11) is 0. The summed E-state index contributed by atoms with van der Waals surface area (Å²) in [6.45, 7) is 1.78. The largest absolute Gasteiger partial charge is 0.508 e. The molecule has 29 heavy (non-hydrogen) atoms. The molecule has 2 aromatic carbocycles. The second-order valence-electron chi connectivity index (χ2n) is 7.56. The van der Waals surface area contributed by atoms with E-state index in [1.54, 1.807) is 25.1 Å². The smallest absolute Gasteiger partial charge is 0.324 e. The van der Waals surface area contributed by atoms with E-state index in [0.29, 0.717) is 5.56 Å². The molecule has 4 rings (SSSR count). The molecule has 2 fully saturated rings. The third-order valence-electron chi connectivity index (χ3n) is 6.14. The maximum atomic E-state index is 13.3. The van der Waals surface area contributed by atoms with Crippen LogP contribution in [0.4, 0.5) is 0 Å². The normalized spacial score (nSPS) is 28.6. The number of carbonyl (C=O) groups is 3. The van der Waals surface area contributed by atoms with Crippen LogP contribution in [0.3, 0.4) is 0 Å². The van der Waals surface area contributed by atoms with Gasteiger partial charge in [-0.25, -0.2) is 0 Å². The Balaban J connectivity index is 1.79. The molecular weight excluding hydrogens is 372 g/mol. The van der Waals surface area contributed by atoms with Crippen molar-refractivity contribution in [1.82, 2.24) is 10.2 Å². The number of phenols is 1. The number of fused-ring (bicyclic) bond motifs is 1. The van der Waals surface area contributed by atoms with E-state index in [-0.39, 0.29) is 18.7 Å². The molecule has 0 aliphatic carbocycles. The molecular formula is C22H22N2O5. The van der Waals surface area contributed by atoms with Gasteiger partial charge in [0.2, 0.25) is 11.8 Å². The van der Waals surface area contributed by atoms with Crippen molar-refractivity contribution >= 4 is 17.8 Å². The minimum Gasteiger partial charge on any atom is -0.508 e. The summed E-state index contributed by atoms with van der Waals surface area (Å²) in [5.74, 6) is -4.04. The average Bonchev–Trinajstić information content (AvgIpc) is 3.19. The molecule has 0 bridgehead atoms. The second kappa shape index (κ2) is 7.00. The van der Waals surface area contributed by atoms with Gasteiger partial charge in [-0.1, -0.05) is 55.5 Å². The van der Waals surface area contributed by atoms with Crippen molar-refractivity contribution in [2.24, 2.45) is 11.8 Å². The molecule has 7 heteroatoms. The number of carboxylic acids is 1. The van der Waals surface area contributed by atoms with Crippen LogP contribution in [0.25, 0.3) is 0 Å². The molecule has 4 atom stereocenters. The summed E-state index contributed by atoms with van der Waals surface area (Å²) in [4.78, 5) is 40.0. The van der Waals surface area contributed by atoms with Crippen LogP contribution >= 0.6 is 0 Å². The highest BCUT2D eigenvalue weighted by Gasteiger charge is 2.67. The molecule has 2 saturated heterocycles. The van der Waals surface area contributed by atoms with Gasteiger partial charge in [0.25, 0.3) is 0 Å². The van der Waals surface area contributed by atoms with Crippen molar-refractivity contribution in [1.29, 1.82) is 0 Å². The number of nitrogens with one attached hydrogen (secondary N) is 1. The number of nitrogens with zero attached hydrogens (tertiary/aromatic N) is 1. The Morgan fingerprint density at radius 3 is 2.34 bits per heavy atom. The summed E-state index contributed by atoms with van der Waals surface area (Å²) in [6.07, 6.45) is 0.131. The quantitative estimate of drug-likeness (QED) is 0.671. The van der Waals surface area contributed by atoms with E-state index in [2.05, 4.69) is 5.32 Å². The number of aliphatic carboxylic acids is 1. The number of para-hydroxylation sites is 1. The topological polar surface area (TPSA) is 107 Å². The van der Waals surface area contributed by atoms with Crippen LogP contribution in [0.5, 0.6) is 5.75 Å². The summed E-state index contributed by atoms with van der Waals surface area (Å²) >= 11 is 0. The van der Waals surface area contributed by atoms with Crippen molar-refractivity contribution in [2.45, 2.75) is 31.5 Å². The van der Waals surface area contributed by atoms with Crippen LogP contribution in [0.1, 0.15) is 30.5 Å². The second-order valence-corrected chi connectivity index (χ2v) is 7.56. The van der Waals surface area contributed by atoms with Gasteiger partial charge in [-0.3, -0.25) is 24.6 Å². The molecule has 0 aromatic heterocycles. The molecule has 2 heterocycles. The molecule has 0 unspecified atom stereocenters. The number of hydrogen-bond donors (Lipinski definition) is 3. The first kappa shape index (κ1) is 19.1. The summed E-state index contributed by atoms with van der Waals surface area (Å²) in [6, 6.07) is 14.8. The summed E-state index contributed by atoms with van der Waals surface area (Å²) in [5.41, 5.74) is -0.365. The van der Waals surface area contributed by atoms with Crippen LogP contribution in [-0.4, -0.2) is 38.4 Å². The lowest BCUT2D eigenvalue weighted by Crippen LogP contribution is -2.55. The lowest BCUT2D eigenvalue weighted by Gasteiger charge is -2.30. The monoisotopic (exact) mass is 394 g/mol. The van der Waals surface area contributed by atoms with E-state index >= 15 is 0 Å². The highest BCUT2D eigenvalue weighted by Crippen LogP contribution is 2.51. The van der Waals surface area contributed by atoms with E-state index in [1.165, 1.54) is 6.07 Å². The van der Waals surface area contributed by atoms with E-state index < -0.39 is 41.2 Å². The Morgan fingerprint density at radius 1 is 1.07 bits per heavy atom. The van der Waals surface area contributed by atoms with E-state index in [9.17, 15) is 24.6 Å². The van der Waals surface area contributed by atoms with Gasteiger partial charge in [-0.15, -0.1) is 0 Å². The van der Waals surface area contributed by atoms with Crippen LogP contribution in [-0.2, 0) is 20.9 Å². The number of rotatable bonds is 5. The van der Waals surface area contributed by atoms with Crippen molar-refractivity contribution < 1.29 is 24.6 Å². The number of imide groups is 1. The van der Waals surface area contributed by atoms with Crippen molar-refractivity contribution in [2.75, 3.05) is 0 Å². The Kier molecular flexibility index (Phi) is 4.62. The number of carboxylic acid groups (broad SMARTS) is 1. The fourth-order valence-electron chi connectivity index (χ4n) is 4.67. The average molecular weight is 394 g/mol. The third kappa shape index (κ3) is 2.81. The van der Waals surface area contributed by atoms with Gasteiger partial charge in [-0.05, 0) is 18.1 Å². The Hall–Kier alpha value is -3.19. The lowest BCUT2D eigenvalue weighted by atomic mass is 9.78. The highest BCUT2D eigenvalue weighted by atomic mass is 16.4. The van der Waals surface area contributed by atoms with Crippen LogP contribution in [0.15, 0.2) is 54.6 Å². The van der Waals surface area contributed by atoms with E-state index in [1.807, 2.05) is 30.3 Å². The minimum absolute atomic E-state index is 0.0391. The third-order valence-corrected chi connectivity index (χ3v) is 6.14. The molecule has 2 aliphatic heterocycles. The van der Waals surface area contributed by atoms with Gasteiger partial charge in [0, 0.05) is 11.6 Å². The molecule has 2 aromatic rings. The van der Waals surface area contributed by atoms with Gasteiger partial charge >= 0.3 is 5.97 Å². The fourth-order valence-corrected chi connectivity index (χ4v) is 4.67. The van der Waals surface area contributed by atoms with Crippen molar-refractivity contribution in [3.63, 3.8) is 0 Å². The summed E-state index contributed by atoms with van der Waals surface area (Å²) < 4.78 is 0. The zero-order valence-electron chi connectivity index (χ0n) is 15.9. The van der Waals surface area contributed by atoms with Gasteiger partial charge in [0.1, 0.15) is 11.3 Å². The lowest BCUT2D eigenvalue weighted by molar-refractivity contribution is -0.151. The van der Waals surface area contributed by atoms with Gasteiger partial charge in [0.05, 0.1) is 18.4 Å². The van der Waals surface area contributed by atoms with E-state index in [0.717, 1.165) is 10.5 Å². The fraction of sp³-hybridized carbons (Fsp3) is 0.318. The first-order valence-corrected chi connectivity index (χ1v) is 9.59. The molecule has 0 radical (unpaired) electrons. The first-order chi connectivity index (χ1) is 13.9. The molecule has 7 nitrogen and oxygen atoms in total. The minimum atomic E-state index is -1.57. The number of aromatic hydroxyl groups is 1. The first-order valence-electron chi connectivity index (χ1n) is 9.59. The van der Waals surface area contributed by atoms with E-state index in [4.69, 9.17) is 0 Å². The number of phenolic OH excluding ortho intramolecular Hbond substituents is 1. The Labute approximate surface area is 168 Å². The van der Waals surface area contributed by atoms with Gasteiger partial charge in [0.15, 0.2) is 0 Å². The number of benzene rings is 2. The molecule has 2 aliphatic rings. The van der Waals surface area contributed by atoms with Crippen LogP contribution < -0.4 is 5.32 Å². The summed E-state index contributed by atoms with van der Waals surface area (Å²) in [5, 5.41) is 23.4. The molecule has 0 saturated carbocycles.